The molecule has 2 aliphatic rings. The van der Waals surface area contributed by atoms with E-state index in [2.05, 4.69) is 11.4 Å². The molecule has 0 aromatic heterocycles. The van der Waals surface area contributed by atoms with Crippen LogP contribution in [-0.4, -0.2) is 43.4 Å². The highest BCUT2D eigenvalue weighted by atomic mass is 16.5. The van der Waals surface area contributed by atoms with Gasteiger partial charge in [0.15, 0.2) is 6.10 Å². The third-order valence-electron chi connectivity index (χ3n) is 4.98. The summed E-state index contributed by atoms with van der Waals surface area (Å²) in [6, 6.07) is 2.33. The molecular weight excluding hydrogens is 322 g/mol. The van der Waals surface area contributed by atoms with E-state index in [4.69, 9.17) is 14.6 Å². The van der Waals surface area contributed by atoms with Gasteiger partial charge in [-0.05, 0) is 60.8 Å². The lowest BCUT2D eigenvalue weighted by Crippen LogP contribution is -2.30. The number of hydrogen-bond donors (Lipinski definition) is 2. The van der Waals surface area contributed by atoms with Crippen molar-refractivity contribution in [1.29, 1.82) is 0 Å². The summed E-state index contributed by atoms with van der Waals surface area (Å²) in [6.07, 6.45) is 5.59. The first-order chi connectivity index (χ1) is 12.1. The molecule has 6 heteroatoms. The van der Waals surface area contributed by atoms with Crippen LogP contribution in [0.5, 0.6) is 0 Å². The number of amides is 1. The van der Waals surface area contributed by atoms with Crippen molar-refractivity contribution in [2.75, 3.05) is 25.6 Å². The van der Waals surface area contributed by atoms with Crippen molar-refractivity contribution < 1.29 is 24.2 Å². The van der Waals surface area contributed by atoms with Crippen LogP contribution in [0, 0.1) is 0 Å². The zero-order chi connectivity index (χ0) is 17.8. The van der Waals surface area contributed by atoms with Gasteiger partial charge in [-0.1, -0.05) is 6.07 Å². The van der Waals surface area contributed by atoms with Gasteiger partial charge in [0.1, 0.15) is 0 Å². The molecule has 0 radical (unpaired) electrons. The quantitative estimate of drug-likeness (QED) is 0.752. The minimum absolute atomic E-state index is 0.0311. The molecule has 1 unspecified atom stereocenters. The smallest absolute Gasteiger partial charge is 0.335 e. The van der Waals surface area contributed by atoms with Crippen molar-refractivity contribution in [3.63, 3.8) is 0 Å². The number of carboxylic acid groups (broad SMARTS) is 1. The molecule has 0 fully saturated rings. The monoisotopic (exact) mass is 347 g/mol. The van der Waals surface area contributed by atoms with Crippen LogP contribution in [0.25, 0.3) is 0 Å². The van der Waals surface area contributed by atoms with E-state index in [1.807, 2.05) is 0 Å². The molecule has 0 saturated carbocycles. The van der Waals surface area contributed by atoms with Crippen LogP contribution < -0.4 is 5.32 Å². The highest BCUT2D eigenvalue weighted by Crippen LogP contribution is 2.38. The highest BCUT2D eigenvalue weighted by molar-refractivity contribution is 5.93. The minimum Gasteiger partial charge on any atom is -0.479 e. The molecule has 1 atom stereocenters. The van der Waals surface area contributed by atoms with Gasteiger partial charge in [-0.2, -0.15) is 0 Å². The third-order valence-corrected chi connectivity index (χ3v) is 4.98. The van der Waals surface area contributed by atoms with Crippen LogP contribution in [-0.2, 0) is 44.7 Å². The first-order valence-corrected chi connectivity index (χ1v) is 8.90. The van der Waals surface area contributed by atoms with E-state index < -0.39 is 12.1 Å². The Balaban J connectivity index is 1.61. The summed E-state index contributed by atoms with van der Waals surface area (Å²) in [6.45, 7) is 0.0278. The first-order valence-electron chi connectivity index (χ1n) is 8.90. The molecule has 0 aliphatic heterocycles. The summed E-state index contributed by atoms with van der Waals surface area (Å²) >= 11 is 0. The summed E-state index contributed by atoms with van der Waals surface area (Å²) in [4.78, 5) is 23.4. The van der Waals surface area contributed by atoms with Gasteiger partial charge >= 0.3 is 5.97 Å². The maximum Gasteiger partial charge on any atom is 0.335 e. The molecule has 0 heterocycles. The molecular formula is C19H25NO5. The molecule has 2 aliphatic carbocycles. The predicted molar refractivity (Wildman–Crippen MR) is 93.0 cm³/mol. The van der Waals surface area contributed by atoms with Crippen LogP contribution in [0.4, 0.5) is 5.69 Å². The van der Waals surface area contributed by atoms with Crippen molar-refractivity contribution in [1.82, 2.24) is 0 Å². The Morgan fingerprint density at radius 1 is 1.16 bits per heavy atom. The maximum absolute atomic E-state index is 12.4. The summed E-state index contributed by atoms with van der Waals surface area (Å²) in [5.41, 5.74) is 6.34. The summed E-state index contributed by atoms with van der Waals surface area (Å²) in [5, 5.41) is 12.1. The number of carbonyl (C=O) groups is 2. The fourth-order valence-electron chi connectivity index (χ4n) is 3.81. The molecule has 2 N–H and O–H groups in total. The number of fused-ring (bicyclic) bond motifs is 2. The van der Waals surface area contributed by atoms with Gasteiger partial charge in [-0.3, -0.25) is 4.79 Å². The lowest BCUT2D eigenvalue weighted by Gasteiger charge is -2.17. The Morgan fingerprint density at radius 2 is 1.80 bits per heavy atom. The second-order valence-corrected chi connectivity index (χ2v) is 6.69. The molecule has 25 heavy (non-hydrogen) atoms. The number of aliphatic carboxylic acids is 1. The van der Waals surface area contributed by atoms with Gasteiger partial charge in [-0.25, -0.2) is 4.79 Å². The Labute approximate surface area is 147 Å². The zero-order valence-corrected chi connectivity index (χ0v) is 14.6. The van der Waals surface area contributed by atoms with E-state index in [0.29, 0.717) is 0 Å². The number of hydrogen-bond acceptors (Lipinski definition) is 4. The molecule has 0 saturated heterocycles. The normalized spacial score (nSPS) is 16.4. The van der Waals surface area contributed by atoms with Gasteiger partial charge < -0.3 is 19.9 Å². The van der Waals surface area contributed by atoms with Gasteiger partial charge in [0.25, 0.3) is 0 Å². The second-order valence-electron chi connectivity index (χ2n) is 6.69. The Kier molecular flexibility index (Phi) is 5.71. The fraction of sp³-hybridized carbons (Fsp3) is 0.579. The molecule has 1 aromatic rings. The fourth-order valence-corrected chi connectivity index (χ4v) is 3.81. The summed E-state index contributed by atoms with van der Waals surface area (Å²) in [5.74, 6) is -1.21. The van der Waals surface area contributed by atoms with Crippen LogP contribution >= 0.6 is 0 Å². The largest absolute Gasteiger partial charge is 0.479 e. The van der Waals surface area contributed by atoms with Crippen LogP contribution in [0.3, 0.4) is 0 Å². The standard InChI is InChI=1S/C19H25NO5/c1-24-11-16(19(22)23)25-9-8-17(21)20-18-14-6-2-4-12(14)10-13-5-3-7-15(13)18/h10,16H,2-9,11H2,1H3,(H,20,21)(H,22,23). The molecule has 6 nitrogen and oxygen atoms in total. The molecule has 3 rings (SSSR count). The first kappa shape index (κ1) is 17.9. The number of rotatable bonds is 8. The van der Waals surface area contributed by atoms with E-state index in [0.717, 1.165) is 44.2 Å². The van der Waals surface area contributed by atoms with Crippen molar-refractivity contribution in [2.24, 2.45) is 0 Å². The number of carboxylic acids is 1. The van der Waals surface area contributed by atoms with Crippen molar-refractivity contribution in [3.05, 3.63) is 28.3 Å². The topological polar surface area (TPSA) is 84.9 Å². The summed E-state index contributed by atoms with van der Waals surface area (Å²) < 4.78 is 10.1. The second kappa shape index (κ2) is 7.97. The molecule has 1 amide bonds. The Bertz CT molecular complexity index is 638. The van der Waals surface area contributed by atoms with E-state index in [1.54, 1.807) is 0 Å². The van der Waals surface area contributed by atoms with Crippen molar-refractivity contribution in [2.45, 2.75) is 51.0 Å². The average molecular weight is 347 g/mol. The van der Waals surface area contributed by atoms with Crippen LogP contribution in [0.15, 0.2) is 6.07 Å². The van der Waals surface area contributed by atoms with Crippen LogP contribution in [0.1, 0.15) is 41.5 Å². The Hall–Kier alpha value is -1.92. The van der Waals surface area contributed by atoms with Crippen molar-refractivity contribution in [3.8, 4) is 0 Å². The van der Waals surface area contributed by atoms with Crippen molar-refractivity contribution >= 4 is 17.6 Å². The van der Waals surface area contributed by atoms with Gasteiger partial charge in [0, 0.05) is 12.8 Å². The number of carbonyl (C=O) groups excluding carboxylic acids is 1. The SMILES string of the molecule is COCC(OCCC(=O)Nc1c2c(cc3c1CCC3)CCC2)C(=O)O. The number of benzene rings is 1. The molecule has 0 spiro atoms. The van der Waals surface area contributed by atoms with E-state index in [-0.39, 0.29) is 25.5 Å². The minimum atomic E-state index is -1.08. The summed E-state index contributed by atoms with van der Waals surface area (Å²) in [7, 11) is 1.42. The van der Waals surface area contributed by atoms with E-state index in [1.165, 1.54) is 29.4 Å². The highest BCUT2D eigenvalue weighted by Gasteiger charge is 2.25. The van der Waals surface area contributed by atoms with E-state index >= 15 is 0 Å². The number of methoxy groups -OCH3 is 1. The van der Waals surface area contributed by atoms with Gasteiger partial charge in [0.05, 0.1) is 19.6 Å². The van der Waals surface area contributed by atoms with Gasteiger partial charge in [0.2, 0.25) is 5.91 Å². The third kappa shape index (κ3) is 4.02. The number of nitrogens with one attached hydrogen (secondary N) is 1. The van der Waals surface area contributed by atoms with E-state index in [9.17, 15) is 9.59 Å². The average Bonchev–Trinajstić information content (AvgIpc) is 3.22. The van der Waals surface area contributed by atoms with Crippen LogP contribution in [0.2, 0.25) is 0 Å². The molecule has 136 valence electrons. The lowest BCUT2D eigenvalue weighted by atomic mass is 9.98. The number of aryl methyl sites for hydroxylation is 2. The molecule has 1 aromatic carbocycles. The molecule has 0 bridgehead atoms. The number of ether oxygens (including phenoxy) is 2. The zero-order valence-electron chi connectivity index (χ0n) is 14.6. The maximum atomic E-state index is 12.4. The predicted octanol–water partition coefficient (Wildman–Crippen LogP) is 2.11. The van der Waals surface area contributed by atoms with Gasteiger partial charge in [-0.15, -0.1) is 0 Å². The lowest BCUT2D eigenvalue weighted by molar-refractivity contribution is -0.154. The number of anilines is 1. The Morgan fingerprint density at radius 3 is 2.36 bits per heavy atom.